The number of carbonyl (C=O) groups is 1. The van der Waals surface area contributed by atoms with E-state index < -0.39 is 17.2 Å². The van der Waals surface area contributed by atoms with Gasteiger partial charge in [-0.15, -0.1) is 0 Å². The molecule has 120 valence electrons. The van der Waals surface area contributed by atoms with E-state index in [1.165, 1.54) is 5.56 Å². The summed E-state index contributed by atoms with van der Waals surface area (Å²) in [4.78, 5) is 39.3. The van der Waals surface area contributed by atoms with Crippen molar-refractivity contribution in [2.75, 3.05) is 0 Å². The highest BCUT2D eigenvalue weighted by Gasteiger charge is 2.41. The molecule has 1 aliphatic heterocycles. The number of H-pyrrole nitrogens is 2. The molecule has 2 N–H and O–H groups in total. The standard InChI is InChI=1S/C16H18N4O3/c1-9-8-12(11-6-4-3-5-7-11)10(2)20(9)15(22)13-14(21)17-16(23)19-18-13/h3-7,9-10,12H,8H2,1-2H3,(H2,17,19,21,23). The topological polar surface area (TPSA) is 98.9 Å². The third kappa shape index (κ3) is 2.69. The summed E-state index contributed by atoms with van der Waals surface area (Å²) in [6.07, 6.45) is 0.818. The predicted octanol–water partition coefficient (Wildman–Crippen LogP) is 0.865. The highest BCUT2D eigenvalue weighted by molar-refractivity contribution is 5.92. The molecule has 1 aromatic heterocycles. The highest BCUT2D eigenvalue weighted by Crippen LogP contribution is 2.37. The molecule has 23 heavy (non-hydrogen) atoms. The molecule has 7 heteroatoms. The largest absolute Gasteiger partial charge is 0.342 e. The summed E-state index contributed by atoms with van der Waals surface area (Å²) in [6, 6.07) is 9.93. The van der Waals surface area contributed by atoms with Crippen molar-refractivity contribution in [3.8, 4) is 0 Å². The zero-order chi connectivity index (χ0) is 16.6. The number of aromatic amines is 2. The number of carbonyl (C=O) groups excluding carboxylic acids is 1. The molecule has 1 saturated heterocycles. The minimum atomic E-state index is -0.763. The fraction of sp³-hybridized carbons (Fsp3) is 0.375. The molecule has 2 heterocycles. The summed E-state index contributed by atoms with van der Waals surface area (Å²) in [5.41, 5.74) is -0.597. The SMILES string of the molecule is CC1CC(c2ccccc2)C(C)N1C(=O)c1n[nH]c(=O)[nH]c1=O. The Morgan fingerprint density at radius 1 is 1.22 bits per heavy atom. The molecule has 0 aliphatic carbocycles. The molecule has 0 spiro atoms. The quantitative estimate of drug-likeness (QED) is 0.859. The predicted molar refractivity (Wildman–Crippen MR) is 84.4 cm³/mol. The zero-order valence-electron chi connectivity index (χ0n) is 12.9. The molecule has 0 bridgehead atoms. The molecule has 0 radical (unpaired) electrons. The van der Waals surface area contributed by atoms with Crippen LogP contribution in [-0.4, -0.2) is 38.1 Å². The third-order valence-corrected chi connectivity index (χ3v) is 4.47. The van der Waals surface area contributed by atoms with Crippen LogP contribution < -0.4 is 11.2 Å². The number of nitrogens with one attached hydrogen (secondary N) is 2. The van der Waals surface area contributed by atoms with Crippen molar-refractivity contribution < 1.29 is 4.79 Å². The van der Waals surface area contributed by atoms with Gasteiger partial charge in [0.05, 0.1) is 0 Å². The lowest BCUT2D eigenvalue weighted by Crippen LogP contribution is -2.43. The minimum absolute atomic E-state index is 0.0177. The van der Waals surface area contributed by atoms with Gasteiger partial charge in [0.25, 0.3) is 11.5 Å². The maximum absolute atomic E-state index is 12.7. The van der Waals surface area contributed by atoms with Crippen LogP contribution in [0.3, 0.4) is 0 Å². The first-order valence-electron chi connectivity index (χ1n) is 7.55. The van der Waals surface area contributed by atoms with Crippen molar-refractivity contribution >= 4 is 5.91 Å². The van der Waals surface area contributed by atoms with Gasteiger partial charge in [-0.3, -0.25) is 14.6 Å². The average Bonchev–Trinajstić information content (AvgIpc) is 2.82. The molecule has 3 rings (SSSR count). The highest BCUT2D eigenvalue weighted by atomic mass is 16.2. The Morgan fingerprint density at radius 3 is 2.57 bits per heavy atom. The molecule has 2 aromatic rings. The second-order valence-corrected chi connectivity index (χ2v) is 5.91. The fourth-order valence-electron chi connectivity index (χ4n) is 3.39. The average molecular weight is 314 g/mol. The number of benzene rings is 1. The second-order valence-electron chi connectivity index (χ2n) is 5.91. The molecule has 0 saturated carbocycles. The van der Waals surface area contributed by atoms with Crippen molar-refractivity contribution in [2.24, 2.45) is 0 Å². The van der Waals surface area contributed by atoms with Gasteiger partial charge in [0, 0.05) is 18.0 Å². The number of nitrogens with zero attached hydrogens (tertiary/aromatic N) is 2. The first-order valence-corrected chi connectivity index (χ1v) is 7.55. The van der Waals surface area contributed by atoms with Crippen molar-refractivity contribution in [3.63, 3.8) is 0 Å². The Balaban J connectivity index is 1.92. The van der Waals surface area contributed by atoms with Gasteiger partial charge in [-0.25, -0.2) is 9.89 Å². The second kappa shape index (κ2) is 5.83. The molecule has 1 aliphatic rings. The minimum Gasteiger partial charge on any atom is -0.331 e. The van der Waals surface area contributed by atoms with E-state index in [1.807, 2.05) is 49.2 Å². The van der Waals surface area contributed by atoms with Crippen LogP contribution in [0.15, 0.2) is 39.9 Å². The molecule has 3 unspecified atom stereocenters. The molecular formula is C16H18N4O3. The van der Waals surface area contributed by atoms with Gasteiger partial charge in [0.1, 0.15) is 0 Å². The maximum atomic E-state index is 12.7. The normalized spacial score (nSPS) is 23.9. The molecule has 1 fully saturated rings. The van der Waals surface area contributed by atoms with Gasteiger partial charge in [-0.2, -0.15) is 5.10 Å². The van der Waals surface area contributed by atoms with E-state index in [-0.39, 0.29) is 23.7 Å². The number of rotatable bonds is 2. The van der Waals surface area contributed by atoms with E-state index in [1.54, 1.807) is 4.90 Å². The zero-order valence-corrected chi connectivity index (χ0v) is 12.9. The summed E-state index contributed by atoms with van der Waals surface area (Å²) >= 11 is 0. The summed E-state index contributed by atoms with van der Waals surface area (Å²) in [5.74, 6) is -0.252. The van der Waals surface area contributed by atoms with E-state index >= 15 is 0 Å². The van der Waals surface area contributed by atoms with Crippen LogP contribution in [0.4, 0.5) is 0 Å². The summed E-state index contributed by atoms with van der Waals surface area (Å²) in [5, 5.41) is 5.73. The molecule has 1 amide bonds. The number of aromatic nitrogens is 3. The fourth-order valence-corrected chi connectivity index (χ4v) is 3.39. The van der Waals surface area contributed by atoms with Gasteiger partial charge in [0.2, 0.25) is 5.69 Å². The molecule has 3 atom stereocenters. The number of hydrogen-bond donors (Lipinski definition) is 2. The Labute approximate surface area is 132 Å². The summed E-state index contributed by atoms with van der Waals surface area (Å²) in [7, 11) is 0. The number of hydrogen-bond acceptors (Lipinski definition) is 4. The van der Waals surface area contributed by atoms with Gasteiger partial charge >= 0.3 is 5.69 Å². The number of likely N-dealkylation sites (tertiary alicyclic amines) is 1. The summed E-state index contributed by atoms with van der Waals surface area (Å²) < 4.78 is 0. The lowest BCUT2D eigenvalue weighted by atomic mass is 9.92. The maximum Gasteiger partial charge on any atom is 0.342 e. The van der Waals surface area contributed by atoms with Crippen LogP contribution in [-0.2, 0) is 0 Å². The summed E-state index contributed by atoms with van der Waals surface area (Å²) in [6.45, 7) is 3.93. The van der Waals surface area contributed by atoms with E-state index in [0.717, 1.165) is 6.42 Å². The Kier molecular flexibility index (Phi) is 3.85. The van der Waals surface area contributed by atoms with Crippen LogP contribution in [0, 0.1) is 0 Å². The molecule has 7 nitrogen and oxygen atoms in total. The van der Waals surface area contributed by atoms with Crippen molar-refractivity contribution in [1.82, 2.24) is 20.1 Å². The van der Waals surface area contributed by atoms with E-state index in [9.17, 15) is 14.4 Å². The van der Waals surface area contributed by atoms with Crippen molar-refractivity contribution in [2.45, 2.75) is 38.3 Å². The van der Waals surface area contributed by atoms with Gasteiger partial charge in [-0.1, -0.05) is 30.3 Å². The molecular weight excluding hydrogens is 296 g/mol. The van der Waals surface area contributed by atoms with Crippen molar-refractivity contribution in [1.29, 1.82) is 0 Å². The van der Waals surface area contributed by atoms with Gasteiger partial charge in [-0.05, 0) is 25.8 Å². The monoisotopic (exact) mass is 314 g/mol. The Hall–Kier alpha value is -2.70. The Morgan fingerprint density at radius 2 is 1.91 bits per heavy atom. The smallest absolute Gasteiger partial charge is 0.331 e. The van der Waals surface area contributed by atoms with E-state index in [4.69, 9.17) is 0 Å². The lowest BCUT2D eigenvalue weighted by molar-refractivity contribution is 0.0678. The van der Waals surface area contributed by atoms with Gasteiger partial charge < -0.3 is 4.90 Å². The van der Waals surface area contributed by atoms with Crippen LogP contribution in [0.25, 0.3) is 0 Å². The van der Waals surface area contributed by atoms with Crippen LogP contribution in [0.1, 0.15) is 42.2 Å². The Bertz CT molecular complexity index is 827. The van der Waals surface area contributed by atoms with Crippen molar-refractivity contribution in [3.05, 3.63) is 62.4 Å². The first-order chi connectivity index (χ1) is 11.0. The van der Waals surface area contributed by atoms with Crippen LogP contribution >= 0.6 is 0 Å². The number of amides is 1. The lowest BCUT2D eigenvalue weighted by Gasteiger charge is -2.27. The van der Waals surface area contributed by atoms with E-state index in [2.05, 4.69) is 10.2 Å². The third-order valence-electron chi connectivity index (χ3n) is 4.47. The first kappa shape index (κ1) is 15.2. The van der Waals surface area contributed by atoms with Gasteiger partial charge in [0.15, 0.2) is 0 Å². The van der Waals surface area contributed by atoms with E-state index in [0.29, 0.717) is 0 Å². The van der Waals surface area contributed by atoms with Crippen LogP contribution in [0.5, 0.6) is 0 Å². The van der Waals surface area contributed by atoms with Crippen LogP contribution in [0.2, 0.25) is 0 Å². The molecule has 1 aromatic carbocycles.